The lowest BCUT2D eigenvalue weighted by molar-refractivity contribution is -0.117. The zero-order chi connectivity index (χ0) is 15.9. The Morgan fingerprint density at radius 2 is 2.14 bits per heavy atom. The molecule has 0 radical (unpaired) electrons. The standard InChI is InChI=1S/C19H24N2O/c1-14(2)6-4-7-15(3)12-19(22)21-18-9-5-8-16-13-20-11-10-17(16)18/h5-6,8-11,13,15H,4,7,12H2,1-3H3,(H,21,22). The van der Waals surface area contributed by atoms with Crippen LogP contribution in [0.25, 0.3) is 10.8 Å². The number of amides is 1. The van der Waals surface area contributed by atoms with Crippen molar-refractivity contribution in [2.24, 2.45) is 5.92 Å². The van der Waals surface area contributed by atoms with Crippen LogP contribution < -0.4 is 5.32 Å². The fraction of sp³-hybridized carbons (Fsp3) is 0.368. The zero-order valence-electron chi connectivity index (χ0n) is 13.6. The van der Waals surface area contributed by atoms with Gasteiger partial charge in [0.05, 0.1) is 0 Å². The van der Waals surface area contributed by atoms with Crippen molar-refractivity contribution in [2.45, 2.75) is 40.0 Å². The summed E-state index contributed by atoms with van der Waals surface area (Å²) >= 11 is 0. The molecule has 1 atom stereocenters. The van der Waals surface area contributed by atoms with E-state index in [1.54, 1.807) is 6.20 Å². The molecular formula is C19H24N2O. The lowest BCUT2D eigenvalue weighted by Crippen LogP contribution is -2.15. The number of carbonyl (C=O) groups excluding carboxylic acids is 1. The molecule has 0 aliphatic rings. The Labute approximate surface area is 132 Å². The molecule has 22 heavy (non-hydrogen) atoms. The summed E-state index contributed by atoms with van der Waals surface area (Å²) in [6.07, 6.45) is 8.42. The molecule has 1 unspecified atom stereocenters. The summed E-state index contributed by atoms with van der Waals surface area (Å²) in [7, 11) is 0. The van der Waals surface area contributed by atoms with Gasteiger partial charge in [0.1, 0.15) is 0 Å². The molecule has 1 N–H and O–H groups in total. The number of hydrogen-bond donors (Lipinski definition) is 1. The lowest BCUT2D eigenvalue weighted by Gasteiger charge is -2.12. The first-order valence-electron chi connectivity index (χ1n) is 7.82. The van der Waals surface area contributed by atoms with Crippen LogP contribution >= 0.6 is 0 Å². The molecule has 0 saturated heterocycles. The van der Waals surface area contributed by atoms with Gasteiger partial charge in [0.15, 0.2) is 0 Å². The van der Waals surface area contributed by atoms with Gasteiger partial charge in [-0.1, -0.05) is 30.7 Å². The molecule has 1 amide bonds. The number of aromatic nitrogens is 1. The van der Waals surface area contributed by atoms with Crippen LogP contribution in [-0.2, 0) is 4.79 Å². The fourth-order valence-electron chi connectivity index (χ4n) is 2.51. The van der Waals surface area contributed by atoms with E-state index in [2.05, 4.69) is 37.1 Å². The first-order chi connectivity index (χ1) is 10.6. The molecule has 0 bridgehead atoms. The van der Waals surface area contributed by atoms with Crippen molar-refractivity contribution in [3.63, 3.8) is 0 Å². The fourth-order valence-corrected chi connectivity index (χ4v) is 2.51. The molecule has 0 aliphatic heterocycles. The van der Waals surface area contributed by atoms with Crippen LogP contribution in [0.4, 0.5) is 5.69 Å². The van der Waals surface area contributed by atoms with Crippen molar-refractivity contribution in [1.29, 1.82) is 0 Å². The van der Waals surface area contributed by atoms with Crippen LogP contribution in [0.5, 0.6) is 0 Å². The molecule has 0 aliphatic carbocycles. The van der Waals surface area contributed by atoms with Gasteiger partial charge < -0.3 is 5.32 Å². The largest absolute Gasteiger partial charge is 0.326 e. The maximum absolute atomic E-state index is 12.2. The minimum atomic E-state index is 0.0778. The third kappa shape index (κ3) is 4.69. The van der Waals surface area contributed by atoms with Gasteiger partial charge in [-0.3, -0.25) is 9.78 Å². The Hall–Kier alpha value is -2.16. The number of nitrogens with zero attached hydrogens (tertiary/aromatic N) is 1. The van der Waals surface area contributed by atoms with Crippen LogP contribution in [0.1, 0.15) is 40.0 Å². The first kappa shape index (κ1) is 16.2. The summed E-state index contributed by atoms with van der Waals surface area (Å²) in [4.78, 5) is 16.3. The predicted molar refractivity (Wildman–Crippen MR) is 92.8 cm³/mol. The highest BCUT2D eigenvalue weighted by Crippen LogP contribution is 2.23. The second-order valence-electron chi connectivity index (χ2n) is 6.12. The molecular weight excluding hydrogens is 272 g/mol. The molecule has 3 nitrogen and oxygen atoms in total. The average Bonchev–Trinajstić information content (AvgIpc) is 2.47. The first-order valence-corrected chi connectivity index (χ1v) is 7.82. The lowest BCUT2D eigenvalue weighted by atomic mass is 10.0. The quantitative estimate of drug-likeness (QED) is 0.767. The number of anilines is 1. The summed E-state index contributed by atoms with van der Waals surface area (Å²) in [6.45, 7) is 6.34. The van der Waals surface area contributed by atoms with Gasteiger partial charge in [-0.15, -0.1) is 0 Å². The van der Waals surface area contributed by atoms with Crippen LogP contribution in [0.2, 0.25) is 0 Å². The summed E-state index contributed by atoms with van der Waals surface area (Å²) in [5.41, 5.74) is 2.20. The van der Waals surface area contributed by atoms with Crippen LogP contribution in [0, 0.1) is 5.92 Å². The highest BCUT2D eigenvalue weighted by atomic mass is 16.1. The highest BCUT2D eigenvalue weighted by Gasteiger charge is 2.10. The van der Waals surface area contributed by atoms with Crippen molar-refractivity contribution < 1.29 is 4.79 Å². The van der Waals surface area contributed by atoms with Gasteiger partial charge in [-0.25, -0.2) is 0 Å². The molecule has 1 aromatic heterocycles. The number of pyridine rings is 1. The number of fused-ring (bicyclic) bond motifs is 1. The third-order valence-corrected chi connectivity index (χ3v) is 3.70. The Balaban J connectivity index is 1.95. The molecule has 3 heteroatoms. The van der Waals surface area contributed by atoms with Gasteiger partial charge in [-0.05, 0) is 44.7 Å². The smallest absolute Gasteiger partial charge is 0.224 e. The number of allylic oxidation sites excluding steroid dienone is 2. The second kappa shape index (κ2) is 7.74. The monoisotopic (exact) mass is 296 g/mol. The molecule has 2 rings (SSSR count). The van der Waals surface area contributed by atoms with Crippen LogP contribution in [0.3, 0.4) is 0 Å². The van der Waals surface area contributed by atoms with E-state index < -0.39 is 0 Å². The van der Waals surface area contributed by atoms with Crippen molar-refractivity contribution in [3.05, 3.63) is 48.3 Å². The zero-order valence-corrected chi connectivity index (χ0v) is 13.6. The Morgan fingerprint density at radius 3 is 2.91 bits per heavy atom. The summed E-state index contributed by atoms with van der Waals surface area (Å²) < 4.78 is 0. The van der Waals surface area contributed by atoms with Gasteiger partial charge in [0.25, 0.3) is 0 Å². The minimum absolute atomic E-state index is 0.0778. The van der Waals surface area contributed by atoms with Crippen molar-refractivity contribution >= 4 is 22.4 Å². The topological polar surface area (TPSA) is 42.0 Å². The van der Waals surface area contributed by atoms with E-state index in [1.165, 1.54) is 5.57 Å². The SMILES string of the molecule is CC(C)=CCCC(C)CC(=O)Nc1cccc2cnccc12. The van der Waals surface area contributed by atoms with Gasteiger partial charge >= 0.3 is 0 Å². The van der Waals surface area contributed by atoms with Crippen molar-refractivity contribution in [2.75, 3.05) is 5.32 Å². The molecule has 1 heterocycles. The van der Waals surface area contributed by atoms with Crippen LogP contribution in [-0.4, -0.2) is 10.9 Å². The van der Waals surface area contributed by atoms with E-state index in [0.717, 1.165) is 29.3 Å². The minimum Gasteiger partial charge on any atom is -0.326 e. The Kier molecular flexibility index (Phi) is 5.70. The summed E-state index contributed by atoms with van der Waals surface area (Å²) in [5, 5.41) is 5.10. The molecule has 2 aromatic rings. The number of carbonyl (C=O) groups is 1. The van der Waals surface area contributed by atoms with E-state index in [-0.39, 0.29) is 5.91 Å². The van der Waals surface area contributed by atoms with Gasteiger partial charge in [-0.2, -0.15) is 0 Å². The van der Waals surface area contributed by atoms with E-state index in [1.807, 2.05) is 30.5 Å². The molecule has 0 spiro atoms. The van der Waals surface area contributed by atoms with Crippen molar-refractivity contribution in [1.82, 2.24) is 4.98 Å². The van der Waals surface area contributed by atoms with E-state index in [9.17, 15) is 4.79 Å². The highest BCUT2D eigenvalue weighted by molar-refractivity contribution is 6.01. The number of benzene rings is 1. The van der Waals surface area contributed by atoms with Crippen LogP contribution in [0.15, 0.2) is 48.3 Å². The maximum atomic E-state index is 12.2. The normalized spacial score (nSPS) is 12.0. The second-order valence-corrected chi connectivity index (χ2v) is 6.12. The maximum Gasteiger partial charge on any atom is 0.224 e. The van der Waals surface area contributed by atoms with E-state index in [4.69, 9.17) is 0 Å². The summed E-state index contributed by atoms with van der Waals surface area (Å²) in [6, 6.07) is 7.81. The number of nitrogens with one attached hydrogen (secondary N) is 1. The number of hydrogen-bond acceptors (Lipinski definition) is 2. The molecule has 1 aromatic carbocycles. The van der Waals surface area contributed by atoms with Gasteiger partial charge in [0.2, 0.25) is 5.91 Å². The number of rotatable bonds is 6. The molecule has 0 saturated carbocycles. The Morgan fingerprint density at radius 1 is 1.32 bits per heavy atom. The van der Waals surface area contributed by atoms with E-state index in [0.29, 0.717) is 12.3 Å². The molecule has 0 fully saturated rings. The summed E-state index contributed by atoms with van der Waals surface area (Å²) in [5.74, 6) is 0.459. The predicted octanol–water partition coefficient (Wildman–Crippen LogP) is 4.95. The molecule has 116 valence electrons. The Bertz CT molecular complexity index is 667. The van der Waals surface area contributed by atoms with Gasteiger partial charge in [0, 0.05) is 35.3 Å². The third-order valence-electron chi connectivity index (χ3n) is 3.70. The average molecular weight is 296 g/mol. The van der Waals surface area contributed by atoms with Crippen molar-refractivity contribution in [3.8, 4) is 0 Å². The van der Waals surface area contributed by atoms with E-state index >= 15 is 0 Å².